The topological polar surface area (TPSA) is 55.8 Å². The average Bonchev–Trinajstić information content (AvgIpc) is 2.54. The molecule has 0 saturated carbocycles. The van der Waals surface area contributed by atoms with Crippen LogP contribution in [0.4, 0.5) is 4.79 Å². The zero-order chi connectivity index (χ0) is 17.8. The van der Waals surface area contributed by atoms with Crippen molar-refractivity contribution in [2.45, 2.75) is 58.1 Å². The Balaban J connectivity index is 2.48. The van der Waals surface area contributed by atoms with E-state index in [1.165, 1.54) is 0 Å². The molecule has 1 aromatic carbocycles. The van der Waals surface area contributed by atoms with Gasteiger partial charge in [-0.3, -0.25) is 4.90 Å². The Morgan fingerprint density at radius 3 is 2.42 bits per heavy atom. The summed E-state index contributed by atoms with van der Waals surface area (Å²) < 4.78 is 10.9. The minimum absolute atomic E-state index is 0.273. The molecule has 0 radical (unpaired) electrons. The van der Waals surface area contributed by atoms with Gasteiger partial charge in [0.25, 0.3) is 0 Å². The smallest absolute Gasteiger partial charge is 0.411 e. The summed E-state index contributed by atoms with van der Waals surface area (Å²) in [5.41, 5.74) is -0.960. The molecule has 2 rings (SSSR count). The molecular formula is C19H27NO4. The molecule has 0 N–H and O–H groups in total. The van der Waals surface area contributed by atoms with E-state index in [1.807, 2.05) is 51.1 Å². The predicted molar refractivity (Wildman–Crippen MR) is 91.5 cm³/mol. The number of likely N-dealkylation sites (tertiary alicyclic amines) is 1. The van der Waals surface area contributed by atoms with Crippen molar-refractivity contribution in [2.24, 2.45) is 0 Å². The minimum Gasteiger partial charge on any atom is -0.464 e. The fourth-order valence-corrected chi connectivity index (χ4v) is 3.14. The largest absolute Gasteiger partial charge is 0.464 e. The van der Waals surface area contributed by atoms with Crippen LogP contribution in [0, 0.1) is 0 Å². The van der Waals surface area contributed by atoms with Gasteiger partial charge in [0.15, 0.2) is 5.54 Å². The van der Waals surface area contributed by atoms with E-state index in [-0.39, 0.29) is 12.6 Å². The minimum atomic E-state index is -1.11. The quantitative estimate of drug-likeness (QED) is 0.788. The van der Waals surface area contributed by atoms with Crippen LogP contribution in [0.1, 0.15) is 52.5 Å². The summed E-state index contributed by atoms with van der Waals surface area (Å²) in [6, 6.07) is 9.39. The van der Waals surface area contributed by atoms with Gasteiger partial charge in [-0.15, -0.1) is 0 Å². The van der Waals surface area contributed by atoms with Gasteiger partial charge in [0, 0.05) is 6.54 Å². The van der Waals surface area contributed by atoms with Crippen LogP contribution in [0.15, 0.2) is 30.3 Å². The molecule has 1 fully saturated rings. The lowest BCUT2D eigenvalue weighted by Crippen LogP contribution is -2.58. The Morgan fingerprint density at radius 1 is 1.17 bits per heavy atom. The first-order valence-corrected chi connectivity index (χ1v) is 8.54. The maximum atomic E-state index is 12.9. The van der Waals surface area contributed by atoms with Crippen molar-refractivity contribution in [1.82, 2.24) is 4.90 Å². The normalized spacial score (nSPS) is 21.2. The zero-order valence-electron chi connectivity index (χ0n) is 15.0. The lowest BCUT2D eigenvalue weighted by molar-refractivity contribution is -0.161. The Bertz CT molecular complexity index is 579. The molecule has 0 aliphatic carbocycles. The summed E-state index contributed by atoms with van der Waals surface area (Å²) in [6.45, 7) is 7.99. The molecule has 1 heterocycles. The summed E-state index contributed by atoms with van der Waals surface area (Å²) in [5, 5.41) is 0. The Kier molecular flexibility index (Phi) is 5.52. The van der Waals surface area contributed by atoms with Gasteiger partial charge in [-0.25, -0.2) is 9.59 Å². The van der Waals surface area contributed by atoms with Crippen LogP contribution in [-0.4, -0.2) is 35.7 Å². The van der Waals surface area contributed by atoms with E-state index in [0.29, 0.717) is 13.0 Å². The van der Waals surface area contributed by atoms with Crippen molar-refractivity contribution in [3.63, 3.8) is 0 Å². The van der Waals surface area contributed by atoms with Gasteiger partial charge in [-0.1, -0.05) is 30.3 Å². The second-order valence-electron chi connectivity index (χ2n) is 7.04. The number of hydrogen-bond donors (Lipinski definition) is 0. The lowest BCUT2D eigenvalue weighted by Gasteiger charge is -2.45. The number of nitrogens with zero attached hydrogens (tertiary/aromatic N) is 1. The molecule has 0 unspecified atom stereocenters. The van der Waals surface area contributed by atoms with E-state index in [1.54, 1.807) is 11.8 Å². The van der Waals surface area contributed by atoms with Gasteiger partial charge in [0.2, 0.25) is 0 Å². The number of amides is 1. The van der Waals surface area contributed by atoms with Crippen molar-refractivity contribution in [1.29, 1.82) is 0 Å². The number of hydrogen-bond acceptors (Lipinski definition) is 4. The number of piperidine rings is 1. The highest BCUT2D eigenvalue weighted by Gasteiger charge is 2.51. The Labute approximate surface area is 143 Å². The molecule has 0 bridgehead atoms. The molecule has 5 heteroatoms. The van der Waals surface area contributed by atoms with E-state index >= 15 is 0 Å². The average molecular weight is 333 g/mol. The first-order valence-electron chi connectivity index (χ1n) is 8.54. The van der Waals surface area contributed by atoms with Gasteiger partial charge in [-0.05, 0) is 52.5 Å². The van der Waals surface area contributed by atoms with Crippen LogP contribution >= 0.6 is 0 Å². The van der Waals surface area contributed by atoms with Gasteiger partial charge in [0.05, 0.1) is 6.61 Å². The first-order chi connectivity index (χ1) is 11.3. The van der Waals surface area contributed by atoms with Crippen LogP contribution in [0.25, 0.3) is 0 Å². The van der Waals surface area contributed by atoms with Crippen molar-refractivity contribution >= 4 is 12.1 Å². The molecular weight excluding hydrogens is 306 g/mol. The fraction of sp³-hybridized carbons (Fsp3) is 0.579. The second kappa shape index (κ2) is 7.24. The Morgan fingerprint density at radius 2 is 1.83 bits per heavy atom. The maximum Gasteiger partial charge on any atom is 0.411 e. The maximum absolute atomic E-state index is 12.9. The highest BCUT2D eigenvalue weighted by atomic mass is 16.6. The van der Waals surface area contributed by atoms with Crippen molar-refractivity contribution in [3.05, 3.63) is 35.9 Å². The standard InChI is InChI=1S/C19H27NO4/c1-5-23-16(21)19(15-11-7-6-8-12-15)13-9-10-14-20(19)17(22)24-18(2,3)4/h6-8,11-12H,5,9-10,13-14H2,1-4H3/t19-/m0/s1. The number of carbonyl (C=O) groups is 2. The summed E-state index contributed by atoms with van der Waals surface area (Å²) in [4.78, 5) is 27.3. The van der Waals surface area contributed by atoms with Gasteiger partial charge in [0.1, 0.15) is 5.60 Å². The molecule has 5 nitrogen and oxygen atoms in total. The summed E-state index contributed by atoms with van der Waals surface area (Å²) in [6.07, 6.45) is 1.76. The molecule has 1 aliphatic heterocycles. The van der Waals surface area contributed by atoms with Crippen molar-refractivity contribution in [2.75, 3.05) is 13.2 Å². The van der Waals surface area contributed by atoms with Crippen LogP contribution in [0.3, 0.4) is 0 Å². The van der Waals surface area contributed by atoms with E-state index in [2.05, 4.69) is 0 Å². The molecule has 1 aliphatic rings. The molecule has 1 saturated heterocycles. The number of benzene rings is 1. The van der Waals surface area contributed by atoms with Gasteiger partial charge >= 0.3 is 12.1 Å². The molecule has 0 aromatic heterocycles. The van der Waals surface area contributed by atoms with Crippen molar-refractivity contribution in [3.8, 4) is 0 Å². The molecule has 1 atom stereocenters. The predicted octanol–water partition coefficient (Wildman–Crippen LogP) is 3.87. The van der Waals surface area contributed by atoms with Crippen molar-refractivity contribution < 1.29 is 19.1 Å². The molecule has 1 amide bonds. The third-order valence-electron chi connectivity index (χ3n) is 4.11. The second-order valence-corrected chi connectivity index (χ2v) is 7.04. The molecule has 0 spiro atoms. The summed E-state index contributed by atoms with van der Waals surface area (Å²) in [7, 11) is 0. The SMILES string of the molecule is CCOC(=O)[C@@]1(c2ccccc2)CCCCN1C(=O)OC(C)(C)C. The molecule has 132 valence electrons. The Hall–Kier alpha value is -2.04. The van der Waals surface area contributed by atoms with Crippen LogP contribution < -0.4 is 0 Å². The molecule has 24 heavy (non-hydrogen) atoms. The number of carbonyl (C=O) groups excluding carboxylic acids is 2. The first kappa shape index (κ1) is 18.3. The number of ether oxygens (including phenoxy) is 2. The lowest BCUT2D eigenvalue weighted by atomic mass is 9.80. The van der Waals surface area contributed by atoms with Crippen LogP contribution in [0.5, 0.6) is 0 Å². The van der Waals surface area contributed by atoms with E-state index < -0.39 is 17.2 Å². The number of esters is 1. The zero-order valence-corrected chi connectivity index (χ0v) is 15.0. The third kappa shape index (κ3) is 3.71. The van der Waals surface area contributed by atoms with Gasteiger partial charge < -0.3 is 9.47 Å². The monoisotopic (exact) mass is 333 g/mol. The van der Waals surface area contributed by atoms with Crippen LogP contribution in [-0.2, 0) is 19.8 Å². The third-order valence-corrected chi connectivity index (χ3v) is 4.11. The van der Waals surface area contributed by atoms with E-state index in [0.717, 1.165) is 18.4 Å². The van der Waals surface area contributed by atoms with Gasteiger partial charge in [-0.2, -0.15) is 0 Å². The highest BCUT2D eigenvalue weighted by Crippen LogP contribution is 2.40. The highest BCUT2D eigenvalue weighted by molar-refractivity contribution is 5.87. The molecule has 1 aromatic rings. The number of rotatable bonds is 3. The summed E-state index contributed by atoms with van der Waals surface area (Å²) >= 11 is 0. The summed E-state index contributed by atoms with van der Waals surface area (Å²) in [5.74, 6) is -0.387. The van der Waals surface area contributed by atoms with E-state index in [4.69, 9.17) is 9.47 Å². The van der Waals surface area contributed by atoms with Crippen LogP contribution in [0.2, 0.25) is 0 Å². The fourth-order valence-electron chi connectivity index (χ4n) is 3.14. The van der Waals surface area contributed by atoms with E-state index in [9.17, 15) is 9.59 Å².